The van der Waals surface area contributed by atoms with E-state index >= 15 is 0 Å². The number of amides is 1. The Morgan fingerprint density at radius 3 is 2.41 bits per heavy atom. The first kappa shape index (κ1) is 23.2. The van der Waals surface area contributed by atoms with Gasteiger partial charge in [-0.05, 0) is 54.3 Å². The molecule has 0 aliphatic rings. The summed E-state index contributed by atoms with van der Waals surface area (Å²) in [6.07, 6.45) is 0. The SMILES string of the molecule is COc1cc(CNc2cccc(C(=O)NCC(C)C)c2)ccc1OCc1ccc(C)cc1. The van der Waals surface area contributed by atoms with Crippen LogP contribution in [0.5, 0.6) is 11.5 Å². The van der Waals surface area contributed by atoms with E-state index in [1.54, 1.807) is 7.11 Å². The third-order valence-electron chi connectivity index (χ3n) is 5.04. The van der Waals surface area contributed by atoms with Crippen LogP contribution in [0.25, 0.3) is 0 Å². The van der Waals surface area contributed by atoms with Gasteiger partial charge in [0.2, 0.25) is 0 Å². The van der Waals surface area contributed by atoms with Gasteiger partial charge in [0, 0.05) is 24.3 Å². The van der Waals surface area contributed by atoms with E-state index in [0.29, 0.717) is 42.7 Å². The minimum atomic E-state index is -0.0564. The molecule has 0 saturated carbocycles. The number of hydrogen-bond acceptors (Lipinski definition) is 4. The molecule has 0 unspecified atom stereocenters. The van der Waals surface area contributed by atoms with E-state index in [1.807, 2.05) is 42.5 Å². The first-order valence-corrected chi connectivity index (χ1v) is 10.9. The summed E-state index contributed by atoms with van der Waals surface area (Å²) < 4.78 is 11.5. The van der Waals surface area contributed by atoms with Gasteiger partial charge in [0.05, 0.1) is 7.11 Å². The summed E-state index contributed by atoms with van der Waals surface area (Å²) in [5.41, 5.74) is 4.93. The second-order valence-corrected chi connectivity index (χ2v) is 8.30. The summed E-state index contributed by atoms with van der Waals surface area (Å²) in [5, 5.41) is 6.33. The van der Waals surface area contributed by atoms with Crippen LogP contribution in [0.15, 0.2) is 66.7 Å². The Labute approximate surface area is 190 Å². The molecule has 0 aromatic heterocycles. The van der Waals surface area contributed by atoms with Crippen molar-refractivity contribution in [2.75, 3.05) is 19.0 Å². The van der Waals surface area contributed by atoms with Crippen molar-refractivity contribution >= 4 is 11.6 Å². The average Bonchev–Trinajstić information content (AvgIpc) is 2.81. The molecule has 0 aliphatic carbocycles. The Morgan fingerprint density at radius 2 is 1.69 bits per heavy atom. The Hall–Kier alpha value is -3.47. The maximum atomic E-state index is 12.3. The molecule has 0 atom stereocenters. The van der Waals surface area contributed by atoms with Crippen LogP contribution in [-0.2, 0) is 13.2 Å². The van der Waals surface area contributed by atoms with Crippen LogP contribution >= 0.6 is 0 Å². The highest BCUT2D eigenvalue weighted by Gasteiger charge is 2.09. The molecule has 5 nitrogen and oxygen atoms in total. The lowest BCUT2D eigenvalue weighted by atomic mass is 10.1. The van der Waals surface area contributed by atoms with E-state index in [2.05, 4.69) is 55.7 Å². The molecule has 3 rings (SSSR count). The maximum Gasteiger partial charge on any atom is 0.251 e. The summed E-state index contributed by atoms with van der Waals surface area (Å²) in [6, 6.07) is 21.7. The predicted octanol–water partition coefficient (Wildman–Crippen LogP) is 5.58. The lowest BCUT2D eigenvalue weighted by Gasteiger charge is -2.14. The number of carbonyl (C=O) groups is 1. The average molecular weight is 433 g/mol. The normalized spacial score (nSPS) is 10.7. The summed E-state index contributed by atoms with van der Waals surface area (Å²) in [5.74, 6) is 1.76. The number of aryl methyl sites for hydroxylation is 1. The highest BCUT2D eigenvalue weighted by molar-refractivity contribution is 5.95. The molecule has 2 N–H and O–H groups in total. The number of rotatable bonds is 10. The van der Waals surface area contributed by atoms with Crippen LogP contribution < -0.4 is 20.1 Å². The first-order chi connectivity index (χ1) is 15.4. The zero-order valence-corrected chi connectivity index (χ0v) is 19.3. The molecule has 0 fully saturated rings. The Balaban J connectivity index is 1.60. The van der Waals surface area contributed by atoms with Crippen molar-refractivity contribution in [2.24, 2.45) is 5.92 Å². The number of methoxy groups -OCH3 is 1. The highest BCUT2D eigenvalue weighted by Crippen LogP contribution is 2.29. The van der Waals surface area contributed by atoms with Crippen LogP contribution in [0.4, 0.5) is 5.69 Å². The molecule has 3 aromatic carbocycles. The molecule has 1 amide bonds. The maximum absolute atomic E-state index is 12.3. The monoisotopic (exact) mass is 432 g/mol. The summed E-state index contributed by atoms with van der Waals surface area (Å²) in [6.45, 7) is 7.97. The molecule has 0 aliphatic heterocycles. The summed E-state index contributed by atoms with van der Waals surface area (Å²) >= 11 is 0. The quantitative estimate of drug-likeness (QED) is 0.439. The Bertz CT molecular complexity index is 1030. The van der Waals surface area contributed by atoms with Gasteiger partial charge in [-0.15, -0.1) is 0 Å². The van der Waals surface area contributed by atoms with Crippen molar-refractivity contribution in [3.05, 3.63) is 89.0 Å². The van der Waals surface area contributed by atoms with Gasteiger partial charge in [-0.25, -0.2) is 0 Å². The van der Waals surface area contributed by atoms with Crippen molar-refractivity contribution in [1.82, 2.24) is 5.32 Å². The minimum absolute atomic E-state index is 0.0564. The minimum Gasteiger partial charge on any atom is -0.493 e. The lowest BCUT2D eigenvalue weighted by molar-refractivity contribution is 0.0949. The van der Waals surface area contributed by atoms with Gasteiger partial charge < -0.3 is 20.1 Å². The van der Waals surface area contributed by atoms with Gasteiger partial charge >= 0.3 is 0 Å². The summed E-state index contributed by atoms with van der Waals surface area (Å²) in [4.78, 5) is 12.3. The molecular weight excluding hydrogens is 400 g/mol. The fraction of sp³-hybridized carbons (Fsp3) is 0.296. The highest BCUT2D eigenvalue weighted by atomic mass is 16.5. The van der Waals surface area contributed by atoms with E-state index < -0.39 is 0 Å². The standard InChI is InChI=1S/C27H32N2O3/c1-19(2)16-29-27(30)23-6-5-7-24(15-23)28-17-22-12-13-25(26(14-22)31-4)32-18-21-10-8-20(3)9-11-21/h5-15,19,28H,16-18H2,1-4H3,(H,29,30). The van der Waals surface area contributed by atoms with Crippen molar-refractivity contribution < 1.29 is 14.3 Å². The zero-order chi connectivity index (χ0) is 22.9. The number of anilines is 1. The number of carbonyl (C=O) groups excluding carboxylic acids is 1. The van der Waals surface area contributed by atoms with Crippen molar-refractivity contribution in [3.63, 3.8) is 0 Å². The van der Waals surface area contributed by atoms with Crippen LogP contribution in [-0.4, -0.2) is 19.6 Å². The fourth-order valence-corrected chi connectivity index (χ4v) is 3.16. The topological polar surface area (TPSA) is 59.6 Å². The molecular formula is C27H32N2O3. The zero-order valence-electron chi connectivity index (χ0n) is 19.3. The van der Waals surface area contributed by atoms with Gasteiger partial charge in [0.15, 0.2) is 11.5 Å². The number of ether oxygens (including phenoxy) is 2. The molecule has 0 spiro atoms. The molecule has 168 valence electrons. The second-order valence-electron chi connectivity index (χ2n) is 8.30. The third-order valence-corrected chi connectivity index (χ3v) is 5.04. The van der Waals surface area contributed by atoms with Gasteiger partial charge in [0.25, 0.3) is 5.91 Å². The van der Waals surface area contributed by atoms with Crippen molar-refractivity contribution in [1.29, 1.82) is 0 Å². The van der Waals surface area contributed by atoms with E-state index in [9.17, 15) is 4.79 Å². The molecule has 5 heteroatoms. The molecule has 0 heterocycles. The van der Waals surface area contributed by atoms with E-state index in [-0.39, 0.29) is 5.91 Å². The molecule has 0 radical (unpaired) electrons. The number of nitrogens with one attached hydrogen (secondary N) is 2. The van der Waals surface area contributed by atoms with Crippen LogP contribution in [0.2, 0.25) is 0 Å². The number of benzene rings is 3. The van der Waals surface area contributed by atoms with Crippen LogP contribution in [0.3, 0.4) is 0 Å². The molecule has 32 heavy (non-hydrogen) atoms. The second kappa shape index (κ2) is 11.2. The Kier molecular flexibility index (Phi) is 8.14. The van der Waals surface area contributed by atoms with Gasteiger partial charge in [-0.2, -0.15) is 0 Å². The van der Waals surface area contributed by atoms with Crippen LogP contribution in [0.1, 0.15) is 40.9 Å². The van der Waals surface area contributed by atoms with E-state index in [0.717, 1.165) is 16.8 Å². The number of hydrogen-bond donors (Lipinski definition) is 2. The van der Waals surface area contributed by atoms with Crippen molar-refractivity contribution in [2.45, 2.75) is 33.9 Å². The van der Waals surface area contributed by atoms with E-state index in [4.69, 9.17) is 9.47 Å². The van der Waals surface area contributed by atoms with Gasteiger partial charge in [0.1, 0.15) is 6.61 Å². The molecule has 3 aromatic rings. The van der Waals surface area contributed by atoms with Gasteiger partial charge in [-0.1, -0.05) is 55.8 Å². The fourth-order valence-electron chi connectivity index (χ4n) is 3.16. The molecule has 0 bridgehead atoms. The van der Waals surface area contributed by atoms with E-state index in [1.165, 1.54) is 5.56 Å². The van der Waals surface area contributed by atoms with Crippen LogP contribution in [0, 0.1) is 12.8 Å². The molecule has 0 saturated heterocycles. The summed E-state index contributed by atoms with van der Waals surface area (Å²) in [7, 11) is 1.64. The lowest BCUT2D eigenvalue weighted by Crippen LogP contribution is -2.27. The van der Waals surface area contributed by atoms with Gasteiger partial charge in [-0.3, -0.25) is 4.79 Å². The largest absolute Gasteiger partial charge is 0.493 e. The first-order valence-electron chi connectivity index (χ1n) is 10.9. The smallest absolute Gasteiger partial charge is 0.251 e. The Morgan fingerprint density at radius 1 is 0.938 bits per heavy atom. The third kappa shape index (κ3) is 6.77. The van der Waals surface area contributed by atoms with Crippen molar-refractivity contribution in [3.8, 4) is 11.5 Å². The predicted molar refractivity (Wildman–Crippen MR) is 129 cm³/mol.